The molecule has 0 aromatic rings. The summed E-state index contributed by atoms with van der Waals surface area (Å²) in [6.07, 6.45) is 3.32. The minimum Gasteiger partial charge on any atom is -0.378 e. The second kappa shape index (κ2) is 7.64. The highest BCUT2D eigenvalue weighted by molar-refractivity contribution is 5.87. The lowest BCUT2D eigenvalue weighted by atomic mass is 10.0. The first-order valence-corrected chi connectivity index (χ1v) is 8.01. The van der Waals surface area contributed by atoms with E-state index in [0.29, 0.717) is 26.3 Å². The lowest BCUT2D eigenvalue weighted by Crippen LogP contribution is -2.56. The first-order valence-electron chi connectivity index (χ1n) is 8.01. The van der Waals surface area contributed by atoms with E-state index >= 15 is 0 Å². The molecule has 2 saturated heterocycles. The van der Waals surface area contributed by atoms with E-state index in [2.05, 4.69) is 5.32 Å². The summed E-state index contributed by atoms with van der Waals surface area (Å²) in [6.45, 7) is 7.91. The van der Waals surface area contributed by atoms with Crippen molar-refractivity contribution in [1.82, 2.24) is 15.1 Å². The van der Waals surface area contributed by atoms with Crippen LogP contribution in [-0.4, -0.2) is 67.2 Å². The van der Waals surface area contributed by atoms with Crippen LogP contribution in [0.25, 0.3) is 0 Å². The van der Waals surface area contributed by atoms with Crippen molar-refractivity contribution in [1.29, 1.82) is 0 Å². The molecule has 2 heterocycles. The van der Waals surface area contributed by atoms with Gasteiger partial charge in [0.2, 0.25) is 5.91 Å². The number of amides is 3. The van der Waals surface area contributed by atoms with Crippen LogP contribution in [0.5, 0.6) is 0 Å². The number of carbonyl (C=O) groups is 2. The zero-order valence-electron chi connectivity index (χ0n) is 13.1. The maximum absolute atomic E-state index is 12.6. The zero-order valence-corrected chi connectivity index (χ0v) is 13.1. The largest absolute Gasteiger partial charge is 0.378 e. The SMILES string of the molecule is CC(C)[C@@H](NC(=O)N1CCOCC1)C(=O)N1CCCCC1. The standard InChI is InChI=1S/C15H27N3O3/c1-12(2)13(14(19)17-6-4-3-5-7-17)16-15(20)18-8-10-21-11-9-18/h12-13H,3-11H2,1-2H3,(H,16,20)/t13-/m1/s1. The molecule has 2 fully saturated rings. The first-order chi connectivity index (χ1) is 10.1. The number of hydrogen-bond donors (Lipinski definition) is 1. The Labute approximate surface area is 126 Å². The molecule has 0 radical (unpaired) electrons. The molecule has 6 nitrogen and oxygen atoms in total. The predicted molar refractivity (Wildman–Crippen MR) is 80.0 cm³/mol. The van der Waals surface area contributed by atoms with Crippen molar-refractivity contribution in [2.24, 2.45) is 5.92 Å². The highest BCUT2D eigenvalue weighted by atomic mass is 16.5. The van der Waals surface area contributed by atoms with Gasteiger partial charge in [-0.15, -0.1) is 0 Å². The molecule has 0 unspecified atom stereocenters. The fourth-order valence-electron chi connectivity index (χ4n) is 2.82. The van der Waals surface area contributed by atoms with Crippen LogP contribution in [0.2, 0.25) is 0 Å². The molecular formula is C15H27N3O3. The van der Waals surface area contributed by atoms with Crippen LogP contribution in [0.15, 0.2) is 0 Å². The van der Waals surface area contributed by atoms with E-state index in [9.17, 15) is 9.59 Å². The first kappa shape index (κ1) is 16.1. The molecule has 1 atom stereocenters. The Morgan fingerprint density at radius 1 is 0.952 bits per heavy atom. The number of nitrogens with one attached hydrogen (secondary N) is 1. The number of ether oxygens (including phenoxy) is 1. The summed E-state index contributed by atoms with van der Waals surface area (Å²) in [7, 11) is 0. The number of urea groups is 1. The molecule has 0 spiro atoms. The van der Waals surface area contributed by atoms with E-state index in [-0.39, 0.29) is 17.9 Å². The Bertz CT molecular complexity index is 361. The molecule has 2 aliphatic heterocycles. The van der Waals surface area contributed by atoms with Gasteiger partial charge >= 0.3 is 6.03 Å². The summed E-state index contributed by atoms with van der Waals surface area (Å²) in [6, 6.07) is -0.583. The molecular weight excluding hydrogens is 270 g/mol. The average molecular weight is 297 g/mol. The molecule has 21 heavy (non-hydrogen) atoms. The second-order valence-corrected chi connectivity index (χ2v) is 6.16. The molecule has 0 bridgehead atoms. The zero-order chi connectivity index (χ0) is 15.2. The van der Waals surface area contributed by atoms with E-state index in [1.54, 1.807) is 4.90 Å². The average Bonchev–Trinajstić information content (AvgIpc) is 2.53. The Morgan fingerprint density at radius 3 is 2.14 bits per heavy atom. The van der Waals surface area contributed by atoms with Gasteiger partial charge in [-0.2, -0.15) is 0 Å². The third-order valence-corrected chi connectivity index (χ3v) is 4.18. The maximum Gasteiger partial charge on any atom is 0.318 e. The highest BCUT2D eigenvalue weighted by Gasteiger charge is 2.30. The summed E-state index contributed by atoms with van der Waals surface area (Å²) in [5.74, 6) is 0.149. The molecule has 2 rings (SSSR count). The Balaban J connectivity index is 1.94. The van der Waals surface area contributed by atoms with Gasteiger partial charge < -0.3 is 19.9 Å². The van der Waals surface area contributed by atoms with Gasteiger partial charge in [-0.25, -0.2) is 4.79 Å². The van der Waals surface area contributed by atoms with Gasteiger partial charge in [0.15, 0.2) is 0 Å². The van der Waals surface area contributed by atoms with Crippen molar-refractivity contribution < 1.29 is 14.3 Å². The number of rotatable bonds is 3. The quantitative estimate of drug-likeness (QED) is 0.847. The van der Waals surface area contributed by atoms with E-state index in [1.165, 1.54) is 6.42 Å². The van der Waals surface area contributed by atoms with Gasteiger partial charge in [0.05, 0.1) is 13.2 Å². The second-order valence-electron chi connectivity index (χ2n) is 6.16. The summed E-state index contributed by atoms with van der Waals surface area (Å²) < 4.78 is 5.25. The molecule has 3 amide bonds. The summed E-state index contributed by atoms with van der Waals surface area (Å²) in [4.78, 5) is 28.5. The minimum absolute atomic E-state index is 0.0614. The molecule has 6 heteroatoms. The van der Waals surface area contributed by atoms with E-state index in [0.717, 1.165) is 25.9 Å². The van der Waals surface area contributed by atoms with Crippen molar-refractivity contribution in [2.45, 2.75) is 39.2 Å². The molecule has 2 aliphatic rings. The molecule has 0 saturated carbocycles. The lowest BCUT2D eigenvalue weighted by Gasteiger charge is -2.34. The van der Waals surface area contributed by atoms with Crippen LogP contribution < -0.4 is 5.32 Å². The number of piperidine rings is 1. The van der Waals surface area contributed by atoms with Crippen LogP contribution in [0.4, 0.5) is 4.79 Å². The third kappa shape index (κ3) is 4.33. The van der Waals surface area contributed by atoms with Crippen LogP contribution in [0.1, 0.15) is 33.1 Å². The Morgan fingerprint density at radius 2 is 1.57 bits per heavy atom. The Kier molecular flexibility index (Phi) is 5.85. The fraction of sp³-hybridized carbons (Fsp3) is 0.867. The van der Waals surface area contributed by atoms with Crippen LogP contribution >= 0.6 is 0 Å². The highest BCUT2D eigenvalue weighted by Crippen LogP contribution is 2.14. The summed E-state index contributed by atoms with van der Waals surface area (Å²) in [5.41, 5.74) is 0. The number of hydrogen-bond acceptors (Lipinski definition) is 3. The predicted octanol–water partition coefficient (Wildman–Crippen LogP) is 1.07. The van der Waals surface area contributed by atoms with Gasteiger partial charge in [-0.1, -0.05) is 13.8 Å². The van der Waals surface area contributed by atoms with E-state index in [4.69, 9.17) is 4.74 Å². The van der Waals surface area contributed by atoms with E-state index in [1.807, 2.05) is 18.7 Å². The topological polar surface area (TPSA) is 61.9 Å². The lowest BCUT2D eigenvalue weighted by molar-refractivity contribution is -0.135. The van der Waals surface area contributed by atoms with Gasteiger partial charge in [0.25, 0.3) is 0 Å². The van der Waals surface area contributed by atoms with Gasteiger partial charge in [0, 0.05) is 26.2 Å². The molecule has 120 valence electrons. The molecule has 0 aromatic carbocycles. The van der Waals surface area contributed by atoms with Crippen molar-refractivity contribution >= 4 is 11.9 Å². The van der Waals surface area contributed by atoms with Crippen molar-refractivity contribution in [3.8, 4) is 0 Å². The van der Waals surface area contributed by atoms with Gasteiger partial charge in [-0.05, 0) is 25.2 Å². The number of nitrogens with zero attached hydrogens (tertiary/aromatic N) is 2. The van der Waals surface area contributed by atoms with Crippen molar-refractivity contribution in [2.75, 3.05) is 39.4 Å². The van der Waals surface area contributed by atoms with E-state index < -0.39 is 6.04 Å². The van der Waals surface area contributed by atoms with Gasteiger partial charge in [-0.3, -0.25) is 4.79 Å². The monoisotopic (exact) mass is 297 g/mol. The molecule has 1 N–H and O–H groups in total. The number of carbonyl (C=O) groups excluding carboxylic acids is 2. The minimum atomic E-state index is -0.432. The third-order valence-electron chi connectivity index (χ3n) is 4.18. The fourth-order valence-corrected chi connectivity index (χ4v) is 2.82. The van der Waals surface area contributed by atoms with Crippen LogP contribution in [0, 0.1) is 5.92 Å². The number of morpholine rings is 1. The number of likely N-dealkylation sites (tertiary alicyclic amines) is 1. The van der Waals surface area contributed by atoms with Crippen LogP contribution in [-0.2, 0) is 9.53 Å². The van der Waals surface area contributed by atoms with Gasteiger partial charge in [0.1, 0.15) is 6.04 Å². The maximum atomic E-state index is 12.6. The summed E-state index contributed by atoms with van der Waals surface area (Å²) in [5, 5.41) is 2.92. The molecule has 0 aromatic heterocycles. The van der Waals surface area contributed by atoms with Crippen molar-refractivity contribution in [3.05, 3.63) is 0 Å². The molecule has 0 aliphatic carbocycles. The summed E-state index contributed by atoms with van der Waals surface area (Å²) >= 11 is 0. The normalized spacial score (nSPS) is 21.3. The smallest absolute Gasteiger partial charge is 0.318 e. The van der Waals surface area contributed by atoms with Crippen molar-refractivity contribution in [3.63, 3.8) is 0 Å². The Hall–Kier alpha value is -1.30. The van der Waals surface area contributed by atoms with Crippen LogP contribution in [0.3, 0.4) is 0 Å².